The SMILES string of the molecule is C=C1CCC(N2C(=O)c3cccc(NCc4cnn(C5CCN(C(=O)C6(C)CCC6)CC5)c4Cl)c3C2=O)C(=O)N1. The Labute approximate surface area is 237 Å². The summed E-state index contributed by atoms with van der Waals surface area (Å²) in [4.78, 5) is 55.0. The number of likely N-dealkylation sites (tertiary alicyclic amines) is 1. The Hall–Kier alpha value is -3.66. The van der Waals surface area contributed by atoms with Gasteiger partial charge < -0.3 is 15.5 Å². The molecule has 11 heteroatoms. The van der Waals surface area contributed by atoms with E-state index in [4.69, 9.17) is 11.6 Å². The van der Waals surface area contributed by atoms with Crippen molar-refractivity contribution in [2.24, 2.45) is 5.41 Å². The van der Waals surface area contributed by atoms with E-state index in [1.165, 1.54) is 0 Å². The maximum Gasteiger partial charge on any atom is 0.264 e. The molecule has 1 aromatic heterocycles. The Morgan fingerprint density at radius 2 is 1.93 bits per heavy atom. The van der Waals surface area contributed by atoms with E-state index in [9.17, 15) is 19.2 Å². The van der Waals surface area contributed by atoms with Crippen molar-refractivity contribution in [1.82, 2.24) is 24.9 Å². The summed E-state index contributed by atoms with van der Waals surface area (Å²) in [5.74, 6) is -1.09. The number of piperidine rings is 2. The van der Waals surface area contributed by atoms with Crippen LogP contribution < -0.4 is 10.6 Å². The maximum atomic E-state index is 13.4. The van der Waals surface area contributed by atoms with Crippen molar-refractivity contribution < 1.29 is 19.2 Å². The summed E-state index contributed by atoms with van der Waals surface area (Å²) in [6.07, 6.45) is 7.22. The number of carbonyl (C=O) groups excluding carboxylic acids is 4. The topological polar surface area (TPSA) is 117 Å². The highest BCUT2D eigenvalue weighted by molar-refractivity contribution is 6.30. The van der Waals surface area contributed by atoms with E-state index in [1.807, 2.05) is 9.58 Å². The lowest BCUT2D eigenvalue weighted by atomic mass is 9.69. The molecule has 1 aromatic carbocycles. The predicted octanol–water partition coefficient (Wildman–Crippen LogP) is 3.89. The largest absolute Gasteiger partial charge is 0.380 e. The summed E-state index contributed by atoms with van der Waals surface area (Å²) in [5.41, 5.74) is 2.18. The Bertz CT molecular complexity index is 1420. The molecule has 1 unspecified atom stereocenters. The molecule has 4 heterocycles. The molecule has 2 aromatic rings. The summed E-state index contributed by atoms with van der Waals surface area (Å²) in [7, 11) is 0. The summed E-state index contributed by atoms with van der Waals surface area (Å²) in [5, 5.41) is 11.0. The van der Waals surface area contributed by atoms with E-state index in [1.54, 1.807) is 24.4 Å². The second kappa shape index (κ2) is 10.1. The molecule has 4 amide bonds. The van der Waals surface area contributed by atoms with E-state index in [0.717, 1.165) is 42.6 Å². The van der Waals surface area contributed by atoms with Crippen LogP contribution in [0.25, 0.3) is 0 Å². The van der Waals surface area contributed by atoms with Crippen LogP contribution in [-0.2, 0) is 16.1 Å². The molecule has 1 atom stereocenters. The number of benzene rings is 1. The lowest BCUT2D eigenvalue weighted by Crippen LogP contribution is -2.51. The van der Waals surface area contributed by atoms with Gasteiger partial charge in [-0.2, -0.15) is 5.10 Å². The number of nitrogens with zero attached hydrogens (tertiary/aromatic N) is 4. The minimum atomic E-state index is -0.864. The summed E-state index contributed by atoms with van der Waals surface area (Å²) < 4.78 is 1.83. The number of halogens is 1. The van der Waals surface area contributed by atoms with E-state index in [0.29, 0.717) is 49.0 Å². The molecule has 0 bridgehead atoms. The smallest absolute Gasteiger partial charge is 0.264 e. The number of imide groups is 1. The van der Waals surface area contributed by atoms with E-state index in [-0.39, 0.29) is 28.5 Å². The summed E-state index contributed by atoms with van der Waals surface area (Å²) in [6.45, 7) is 7.53. The predicted molar refractivity (Wildman–Crippen MR) is 149 cm³/mol. The molecule has 1 saturated carbocycles. The Morgan fingerprint density at radius 1 is 1.18 bits per heavy atom. The van der Waals surface area contributed by atoms with Crippen LogP contribution >= 0.6 is 11.6 Å². The van der Waals surface area contributed by atoms with Crippen molar-refractivity contribution >= 4 is 40.9 Å². The average Bonchev–Trinajstić information content (AvgIpc) is 3.42. The molecule has 40 heavy (non-hydrogen) atoms. The molecule has 2 N–H and O–H groups in total. The highest BCUT2D eigenvalue weighted by Crippen LogP contribution is 2.43. The highest BCUT2D eigenvalue weighted by atomic mass is 35.5. The fraction of sp³-hybridized carbons (Fsp3) is 0.483. The van der Waals surface area contributed by atoms with Crippen LogP contribution in [-0.4, -0.2) is 62.3 Å². The average molecular weight is 565 g/mol. The van der Waals surface area contributed by atoms with Crippen LogP contribution in [0.1, 0.15) is 84.2 Å². The van der Waals surface area contributed by atoms with Crippen molar-refractivity contribution in [2.45, 2.75) is 70.5 Å². The lowest BCUT2D eigenvalue weighted by molar-refractivity contribution is -0.147. The number of fused-ring (bicyclic) bond motifs is 1. The van der Waals surface area contributed by atoms with Gasteiger partial charge >= 0.3 is 0 Å². The number of amides is 4. The molecular formula is C29H33ClN6O4. The van der Waals surface area contributed by atoms with Crippen LogP contribution in [0.15, 0.2) is 36.7 Å². The van der Waals surface area contributed by atoms with Gasteiger partial charge in [-0.1, -0.05) is 37.6 Å². The van der Waals surface area contributed by atoms with Gasteiger partial charge in [-0.05, 0) is 50.7 Å². The number of hydrogen-bond donors (Lipinski definition) is 2. The third kappa shape index (κ3) is 4.38. The monoisotopic (exact) mass is 564 g/mol. The van der Waals surface area contributed by atoms with Gasteiger partial charge in [0.2, 0.25) is 11.8 Å². The zero-order chi connectivity index (χ0) is 28.2. The van der Waals surface area contributed by atoms with Crippen molar-refractivity contribution in [3.63, 3.8) is 0 Å². The van der Waals surface area contributed by atoms with Gasteiger partial charge in [-0.15, -0.1) is 0 Å². The number of carbonyl (C=O) groups is 4. The van der Waals surface area contributed by atoms with Crippen molar-refractivity contribution in [2.75, 3.05) is 18.4 Å². The number of anilines is 1. The molecule has 210 valence electrons. The first-order valence-corrected chi connectivity index (χ1v) is 14.3. The van der Waals surface area contributed by atoms with Crippen molar-refractivity contribution in [3.05, 3.63) is 58.5 Å². The minimum Gasteiger partial charge on any atom is -0.380 e. The standard InChI is InChI=1S/C29H33ClN6O4/c1-17-7-8-22(25(37)33-17)35-26(38)20-5-3-6-21(23(20)27(35)39)31-15-18-16-32-36(24(18)30)19-9-13-34(14-10-19)28(40)29(2)11-4-12-29/h3,5-6,16,19,22,31H,1,4,7-15H2,2H3,(H,33,37). The van der Waals surface area contributed by atoms with Gasteiger partial charge in [0.05, 0.1) is 23.4 Å². The van der Waals surface area contributed by atoms with Crippen molar-refractivity contribution in [3.8, 4) is 0 Å². The van der Waals surface area contributed by atoms with Gasteiger partial charge in [0.25, 0.3) is 11.8 Å². The first-order chi connectivity index (χ1) is 19.2. The first kappa shape index (κ1) is 26.6. The van der Waals surface area contributed by atoms with Crippen LogP contribution in [0.2, 0.25) is 5.15 Å². The van der Waals surface area contributed by atoms with Gasteiger partial charge in [0, 0.05) is 42.0 Å². The number of rotatable bonds is 6. The highest BCUT2D eigenvalue weighted by Gasteiger charge is 2.45. The molecule has 6 rings (SSSR count). The normalized spacial score (nSPS) is 22.7. The molecule has 10 nitrogen and oxygen atoms in total. The summed E-state index contributed by atoms with van der Waals surface area (Å²) in [6, 6.07) is 4.29. The van der Waals surface area contributed by atoms with E-state index < -0.39 is 23.8 Å². The Balaban J connectivity index is 1.12. The molecule has 0 spiro atoms. The molecule has 1 aliphatic carbocycles. The molecule has 3 aliphatic heterocycles. The van der Waals surface area contributed by atoms with Crippen LogP contribution in [0.3, 0.4) is 0 Å². The minimum absolute atomic E-state index is 0.103. The third-order valence-corrected chi connectivity index (χ3v) is 9.34. The molecule has 2 saturated heterocycles. The first-order valence-electron chi connectivity index (χ1n) is 13.9. The van der Waals surface area contributed by atoms with Crippen molar-refractivity contribution in [1.29, 1.82) is 0 Å². The second-order valence-electron chi connectivity index (χ2n) is 11.6. The number of aromatic nitrogens is 2. The van der Waals surface area contributed by atoms with Crippen LogP contribution in [0.4, 0.5) is 5.69 Å². The molecule has 3 fully saturated rings. The van der Waals surface area contributed by atoms with E-state index >= 15 is 0 Å². The van der Waals surface area contributed by atoms with Gasteiger partial charge in [-0.25, -0.2) is 0 Å². The van der Waals surface area contributed by atoms with Gasteiger partial charge in [0.15, 0.2) is 0 Å². The number of hydrogen-bond acceptors (Lipinski definition) is 6. The second-order valence-corrected chi connectivity index (χ2v) is 11.9. The molecule has 4 aliphatic rings. The fourth-order valence-electron chi connectivity index (χ4n) is 6.31. The zero-order valence-electron chi connectivity index (χ0n) is 22.5. The van der Waals surface area contributed by atoms with Crippen LogP contribution in [0.5, 0.6) is 0 Å². The lowest BCUT2D eigenvalue weighted by Gasteiger charge is -2.43. The van der Waals surface area contributed by atoms with E-state index in [2.05, 4.69) is 29.2 Å². The third-order valence-electron chi connectivity index (χ3n) is 8.92. The summed E-state index contributed by atoms with van der Waals surface area (Å²) >= 11 is 6.75. The van der Waals surface area contributed by atoms with Gasteiger partial charge in [-0.3, -0.25) is 28.8 Å². The zero-order valence-corrected chi connectivity index (χ0v) is 23.3. The molecular weight excluding hydrogens is 532 g/mol. The quantitative estimate of drug-likeness (QED) is 0.514. The molecule has 0 radical (unpaired) electrons. The van der Waals surface area contributed by atoms with Gasteiger partial charge in [0.1, 0.15) is 11.2 Å². The Kier molecular flexibility index (Phi) is 6.68. The van der Waals surface area contributed by atoms with Crippen LogP contribution in [0, 0.1) is 5.41 Å². The number of allylic oxidation sites excluding steroid dienone is 1. The Morgan fingerprint density at radius 3 is 2.60 bits per heavy atom. The maximum absolute atomic E-state index is 13.4. The number of nitrogens with one attached hydrogen (secondary N) is 2. The fourth-order valence-corrected chi connectivity index (χ4v) is 6.60.